The van der Waals surface area contributed by atoms with Crippen molar-refractivity contribution < 1.29 is 23.4 Å². The molecule has 0 spiro atoms. The van der Waals surface area contributed by atoms with Crippen LogP contribution in [0.3, 0.4) is 0 Å². The zero-order chi connectivity index (χ0) is 15.6. The summed E-state index contributed by atoms with van der Waals surface area (Å²) in [6.07, 6.45) is 0. The van der Waals surface area contributed by atoms with Gasteiger partial charge in [-0.3, -0.25) is 0 Å². The van der Waals surface area contributed by atoms with E-state index in [9.17, 15) is 13.6 Å². The largest absolute Gasteiger partial charge is 0.478 e. The first-order chi connectivity index (χ1) is 9.93. The van der Waals surface area contributed by atoms with Crippen molar-refractivity contribution in [3.05, 3.63) is 57.6 Å². The fourth-order valence-corrected chi connectivity index (χ4v) is 1.99. The number of ether oxygens (including phenoxy) is 1. The number of aromatic carboxylic acids is 1. The highest BCUT2D eigenvalue weighted by Crippen LogP contribution is 2.33. The summed E-state index contributed by atoms with van der Waals surface area (Å²) in [5.74, 6) is -3.50. The fourth-order valence-electron chi connectivity index (χ4n) is 1.57. The summed E-state index contributed by atoms with van der Waals surface area (Å²) in [7, 11) is 0. The number of carboxylic acid groups (broad SMARTS) is 1. The van der Waals surface area contributed by atoms with E-state index < -0.39 is 23.2 Å². The molecule has 106 valence electrons. The second-order valence-electron chi connectivity index (χ2n) is 3.90. The number of halogens is 3. The van der Waals surface area contributed by atoms with Gasteiger partial charge in [-0.25, -0.2) is 13.6 Å². The zero-order valence-corrected chi connectivity index (χ0v) is 11.8. The van der Waals surface area contributed by atoms with E-state index in [1.165, 1.54) is 12.1 Å². The molecule has 0 aliphatic rings. The molecule has 0 amide bonds. The second kappa shape index (κ2) is 5.89. The molecule has 0 aliphatic heterocycles. The maximum Gasteiger partial charge on any atom is 0.339 e. The van der Waals surface area contributed by atoms with Gasteiger partial charge in [0.05, 0.1) is 10.0 Å². The van der Waals surface area contributed by atoms with Crippen molar-refractivity contribution in [1.29, 1.82) is 5.26 Å². The molecule has 4 nitrogen and oxygen atoms in total. The Hall–Kier alpha value is -2.46. The van der Waals surface area contributed by atoms with E-state index in [-0.39, 0.29) is 21.5 Å². The standard InChI is InChI=1S/C14H6BrF2NO3/c15-12-7(6-18)1-3-11(13(12)17)21-10-4-2-8(16)5-9(10)14(19)20/h1-5H,(H,19,20). The summed E-state index contributed by atoms with van der Waals surface area (Å²) >= 11 is 2.91. The van der Waals surface area contributed by atoms with Crippen molar-refractivity contribution >= 4 is 21.9 Å². The zero-order valence-electron chi connectivity index (χ0n) is 10.2. The Morgan fingerprint density at radius 2 is 1.90 bits per heavy atom. The number of nitrogens with zero attached hydrogens (tertiary/aromatic N) is 1. The van der Waals surface area contributed by atoms with Gasteiger partial charge < -0.3 is 9.84 Å². The van der Waals surface area contributed by atoms with Gasteiger partial charge in [0, 0.05) is 0 Å². The van der Waals surface area contributed by atoms with Crippen LogP contribution in [0, 0.1) is 23.0 Å². The van der Waals surface area contributed by atoms with Crippen molar-refractivity contribution in [3.8, 4) is 17.6 Å². The second-order valence-corrected chi connectivity index (χ2v) is 4.69. The monoisotopic (exact) mass is 353 g/mol. The van der Waals surface area contributed by atoms with E-state index in [4.69, 9.17) is 15.1 Å². The number of nitriles is 1. The first-order valence-electron chi connectivity index (χ1n) is 5.53. The normalized spacial score (nSPS) is 10.0. The number of hydrogen-bond donors (Lipinski definition) is 1. The van der Waals surface area contributed by atoms with Crippen molar-refractivity contribution in [3.63, 3.8) is 0 Å². The van der Waals surface area contributed by atoms with Gasteiger partial charge in [0.25, 0.3) is 0 Å². The van der Waals surface area contributed by atoms with Gasteiger partial charge in [-0.05, 0) is 46.3 Å². The third-order valence-electron chi connectivity index (χ3n) is 2.56. The number of carbonyl (C=O) groups is 1. The highest BCUT2D eigenvalue weighted by molar-refractivity contribution is 9.10. The Bertz CT molecular complexity index is 772. The van der Waals surface area contributed by atoms with Crippen molar-refractivity contribution in [2.75, 3.05) is 0 Å². The minimum absolute atomic E-state index is 0.0671. The van der Waals surface area contributed by atoms with Gasteiger partial charge >= 0.3 is 5.97 Å². The molecule has 0 saturated carbocycles. The van der Waals surface area contributed by atoms with E-state index in [1.807, 2.05) is 0 Å². The van der Waals surface area contributed by atoms with Crippen LogP contribution in [0.15, 0.2) is 34.8 Å². The van der Waals surface area contributed by atoms with Crippen LogP contribution in [-0.4, -0.2) is 11.1 Å². The first kappa shape index (κ1) is 14.9. The van der Waals surface area contributed by atoms with Crippen LogP contribution >= 0.6 is 15.9 Å². The Kier molecular flexibility index (Phi) is 4.19. The van der Waals surface area contributed by atoms with Crippen LogP contribution in [-0.2, 0) is 0 Å². The minimum atomic E-state index is -1.40. The van der Waals surface area contributed by atoms with Crippen LogP contribution < -0.4 is 4.74 Å². The van der Waals surface area contributed by atoms with Gasteiger partial charge in [0.15, 0.2) is 11.6 Å². The van der Waals surface area contributed by atoms with Crippen LogP contribution in [0.4, 0.5) is 8.78 Å². The Morgan fingerprint density at radius 1 is 1.24 bits per heavy atom. The lowest BCUT2D eigenvalue weighted by Gasteiger charge is -2.10. The van der Waals surface area contributed by atoms with E-state index >= 15 is 0 Å². The molecule has 0 aliphatic carbocycles. The van der Waals surface area contributed by atoms with Gasteiger partial charge in [0.1, 0.15) is 23.2 Å². The predicted octanol–water partition coefficient (Wildman–Crippen LogP) is 4.09. The summed E-state index contributed by atoms with van der Waals surface area (Å²) in [6, 6.07) is 7.14. The topological polar surface area (TPSA) is 70.3 Å². The SMILES string of the molecule is N#Cc1ccc(Oc2ccc(F)cc2C(=O)O)c(F)c1Br. The van der Waals surface area contributed by atoms with Crippen molar-refractivity contribution in [1.82, 2.24) is 0 Å². The molecular weight excluding hydrogens is 348 g/mol. The average molecular weight is 354 g/mol. The maximum absolute atomic E-state index is 14.0. The highest BCUT2D eigenvalue weighted by atomic mass is 79.9. The molecule has 2 rings (SSSR count). The molecule has 0 unspecified atom stereocenters. The molecule has 0 heterocycles. The minimum Gasteiger partial charge on any atom is -0.478 e. The first-order valence-corrected chi connectivity index (χ1v) is 6.32. The number of carboxylic acids is 1. The average Bonchev–Trinajstić information content (AvgIpc) is 2.45. The lowest BCUT2D eigenvalue weighted by atomic mass is 10.2. The summed E-state index contributed by atoms with van der Waals surface area (Å²) in [4.78, 5) is 11.0. The van der Waals surface area contributed by atoms with E-state index in [2.05, 4.69) is 15.9 Å². The molecule has 0 aromatic heterocycles. The third-order valence-corrected chi connectivity index (χ3v) is 3.33. The van der Waals surface area contributed by atoms with Gasteiger partial charge in [-0.1, -0.05) is 0 Å². The molecule has 0 radical (unpaired) electrons. The van der Waals surface area contributed by atoms with Crippen molar-refractivity contribution in [2.45, 2.75) is 0 Å². The molecular formula is C14H6BrF2NO3. The molecule has 0 bridgehead atoms. The van der Waals surface area contributed by atoms with E-state index in [0.29, 0.717) is 0 Å². The molecule has 21 heavy (non-hydrogen) atoms. The fraction of sp³-hybridized carbons (Fsp3) is 0. The Balaban J connectivity index is 2.47. The lowest BCUT2D eigenvalue weighted by Crippen LogP contribution is -2.02. The van der Waals surface area contributed by atoms with Crippen LogP contribution in [0.2, 0.25) is 0 Å². The highest BCUT2D eigenvalue weighted by Gasteiger charge is 2.17. The van der Waals surface area contributed by atoms with E-state index in [0.717, 1.165) is 18.2 Å². The molecule has 0 atom stereocenters. The molecule has 0 saturated heterocycles. The third kappa shape index (κ3) is 3.01. The Morgan fingerprint density at radius 3 is 2.52 bits per heavy atom. The summed E-state index contributed by atoms with van der Waals surface area (Å²) in [6.45, 7) is 0. The number of hydrogen-bond acceptors (Lipinski definition) is 3. The molecule has 7 heteroatoms. The number of benzene rings is 2. The predicted molar refractivity (Wildman–Crippen MR) is 72.2 cm³/mol. The van der Waals surface area contributed by atoms with Crippen LogP contribution in [0.25, 0.3) is 0 Å². The van der Waals surface area contributed by atoms with Crippen LogP contribution in [0.1, 0.15) is 15.9 Å². The summed E-state index contributed by atoms with van der Waals surface area (Å²) in [5.41, 5.74) is -0.368. The molecule has 0 fully saturated rings. The summed E-state index contributed by atoms with van der Waals surface area (Å²) in [5, 5.41) is 17.7. The van der Waals surface area contributed by atoms with Crippen LogP contribution in [0.5, 0.6) is 11.5 Å². The lowest BCUT2D eigenvalue weighted by molar-refractivity contribution is 0.0693. The smallest absolute Gasteiger partial charge is 0.339 e. The number of rotatable bonds is 3. The molecule has 1 N–H and O–H groups in total. The molecule has 2 aromatic carbocycles. The summed E-state index contributed by atoms with van der Waals surface area (Å²) < 4.78 is 32.1. The van der Waals surface area contributed by atoms with Gasteiger partial charge in [-0.15, -0.1) is 0 Å². The van der Waals surface area contributed by atoms with Gasteiger partial charge in [-0.2, -0.15) is 5.26 Å². The van der Waals surface area contributed by atoms with E-state index in [1.54, 1.807) is 6.07 Å². The van der Waals surface area contributed by atoms with Crippen molar-refractivity contribution in [2.24, 2.45) is 0 Å². The van der Waals surface area contributed by atoms with Gasteiger partial charge in [0.2, 0.25) is 0 Å². The molecule has 2 aromatic rings. The Labute approximate surface area is 126 Å². The maximum atomic E-state index is 14.0. The quantitative estimate of drug-likeness (QED) is 0.901.